The molecule has 0 spiro atoms. The van der Waals surface area contributed by atoms with E-state index >= 15 is 0 Å². The van der Waals surface area contributed by atoms with Crippen LogP contribution in [0.5, 0.6) is 23.0 Å². The molecule has 0 unspecified atom stereocenters. The minimum atomic E-state index is -0.687. The summed E-state index contributed by atoms with van der Waals surface area (Å²) in [6.07, 6.45) is 3.63. The molecule has 0 aromatic heterocycles. The van der Waals surface area contributed by atoms with Gasteiger partial charge >= 0.3 is 17.9 Å². The minimum Gasteiger partial charge on any atom is -0.489 e. The molecule has 0 saturated carbocycles. The van der Waals surface area contributed by atoms with Crippen LogP contribution in [0.4, 0.5) is 0 Å². The first kappa shape index (κ1) is 26.9. The van der Waals surface area contributed by atoms with Gasteiger partial charge in [0.05, 0.1) is 0 Å². The maximum Gasteiger partial charge on any atom is 0.338 e. The molecule has 2 rings (SSSR count). The third-order valence-corrected chi connectivity index (χ3v) is 4.44. The number of esters is 3. The van der Waals surface area contributed by atoms with E-state index in [0.717, 1.165) is 0 Å². The van der Waals surface area contributed by atoms with Gasteiger partial charge in [-0.25, -0.2) is 14.4 Å². The molecule has 0 bridgehead atoms. The lowest BCUT2D eigenvalue weighted by Crippen LogP contribution is -2.13. The summed E-state index contributed by atoms with van der Waals surface area (Å²) in [7, 11) is 0. The first-order valence-electron chi connectivity index (χ1n) is 10.7. The molecule has 0 aliphatic carbocycles. The van der Waals surface area contributed by atoms with Crippen molar-refractivity contribution in [3.8, 4) is 34.1 Å². The number of carbonyl (C=O) groups is 3. The predicted molar refractivity (Wildman–Crippen MR) is 134 cm³/mol. The zero-order valence-electron chi connectivity index (χ0n) is 20.3. The fourth-order valence-corrected chi connectivity index (χ4v) is 2.55. The maximum absolute atomic E-state index is 12.3. The number of rotatable bonds is 10. The molecular weight excluding hydrogens is 448 g/mol. The molecule has 182 valence electrons. The molecule has 0 aliphatic rings. The van der Waals surface area contributed by atoms with Crippen LogP contribution in [-0.2, 0) is 14.4 Å². The molecular formula is C28H28O7. The molecule has 0 N–H and O–H groups in total. The van der Waals surface area contributed by atoms with Crippen LogP contribution in [0.2, 0.25) is 0 Å². The fraction of sp³-hybridized carbons (Fsp3) is 0.179. The topological polar surface area (TPSA) is 88.1 Å². The van der Waals surface area contributed by atoms with E-state index in [1.165, 1.54) is 26.0 Å². The van der Waals surface area contributed by atoms with Crippen molar-refractivity contribution in [2.75, 3.05) is 6.61 Å². The zero-order valence-corrected chi connectivity index (χ0v) is 20.3. The zero-order chi connectivity index (χ0) is 26.1. The Morgan fingerprint density at radius 1 is 0.743 bits per heavy atom. The summed E-state index contributed by atoms with van der Waals surface area (Å²) >= 11 is 0. The SMILES string of the molecule is C=C(C)C(=O)Oc1ccc(-c2cc(OC(=O)C(=C)C)c(OC(=O)C(=C)C)cc2OC/C=C/C)cc1. The Kier molecular flexibility index (Phi) is 9.35. The molecule has 2 aromatic rings. The second-order valence-corrected chi connectivity index (χ2v) is 7.71. The van der Waals surface area contributed by atoms with Crippen molar-refractivity contribution in [2.24, 2.45) is 0 Å². The average molecular weight is 477 g/mol. The van der Waals surface area contributed by atoms with E-state index < -0.39 is 17.9 Å². The van der Waals surface area contributed by atoms with Gasteiger partial charge in [-0.15, -0.1) is 0 Å². The van der Waals surface area contributed by atoms with Crippen molar-refractivity contribution in [1.29, 1.82) is 0 Å². The van der Waals surface area contributed by atoms with Gasteiger partial charge in [0, 0.05) is 28.3 Å². The molecule has 35 heavy (non-hydrogen) atoms. The molecule has 0 amide bonds. The van der Waals surface area contributed by atoms with E-state index in [-0.39, 0.29) is 34.8 Å². The Bertz CT molecular complexity index is 1200. The van der Waals surface area contributed by atoms with Crippen LogP contribution in [0.1, 0.15) is 27.7 Å². The van der Waals surface area contributed by atoms with Crippen molar-refractivity contribution < 1.29 is 33.3 Å². The summed E-state index contributed by atoms with van der Waals surface area (Å²) in [5.41, 5.74) is 1.83. The van der Waals surface area contributed by atoms with Gasteiger partial charge in [0.1, 0.15) is 18.1 Å². The molecule has 2 aromatic carbocycles. The van der Waals surface area contributed by atoms with Gasteiger partial charge < -0.3 is 18.9 Å². The normalized spacial score (nSPS) is 10.4. The van der Waals surface area contributed by atoms with Crippen LogP contribution in [0, 0.1) is 0 Å². The van der Waals surface area contributed by atoms with Crippen molar-refractivity contribution in [1.82, 2.24) is 0 Å². The van der Waals surface area contributed by atoms with Gasteiger partial charge in [-0.3, -0.25) is 0 Å². The van der Waals surface area contributed by atoms with Crippen molar-refractivity contribution in [3.63, 3.8) is 0 Å². The van der Waals surface area contributed by atoms with Crippen LogP contribution in [0.3, 0.4) is 0 Å². The molecule has 0 saturated heterocycles. The molecule has 0 aliphatic heterocycles. The van der Waals surface area contributed by atoms with E-state index in [2.05, 4.69) is 19.7 Å². The number of hydrogen-bond donors (Lipinski definition) is 0. The van der Waals surface area contributed by atoms with Crippen LogP contribution in [0.25, 0.3) is 11.1 Å². The smallest absolute Gasteiger partial charge is 0.338 e. The summed E-state index contributed by atoms with van der Waals surface area (Å²) in [6.45, 7) is 17.4. The van der Waals surface area contributed by atoms with E-state index in [9.17, 15) is 14.4 Å². The lowest BCUT2D eigenvalue weighted by atomic mass is 10.0. The summed E-state index contributed by atoms with van der Waals surface area (Å²) in [6, 6.07) is 9.64. The van der Waals surface area contributed by atoms with Crippen molar-refractivity contribution in [3.05, 3.63) is 85.0 Å². The fourth-order valence-electron chi connectivity index (χ4n) is 2.55. The average Bonchev–Trinajstić information content (AvgIpc) is 2.80. The predicted octanol–water partition coefficient (Wildman–Crippen LogP) is 5.75. The van der Waals surface area contributed by atoms with Crippen LogP contribution in [-0.4, -0.2) is 24.5 Å². The Labute approximate surface area is 205 Å². The number of allylic oxidation sites excluding steroid dienone is 1. The second-order valence-electron chi connectivity index (χ2n) is 7.71. The van der Waals surface area contributed by atoms with Crippen LogP contribution in [0.15, 0.2) is 85.0 Å². The van der Waals surface area contributed by atoms with Gasteiger partial charge in [0.25, 0.3) is 0 Å². The molecule has 0 fully saturated rings. The van der Waals surface area contributed by atoms with Gasteiger partial charge in [-0.05, 0) is 51.5 Å². The molecule has 0 radical (unpaired) electrons. The Balaban J connectivity index is 2.59. The number of ether oxygens (including phenoxy) is 4. The standard InChI is InChI=1S/C28H28O7/c1-8-9-14-32-23-16-25(35-28(31)19(6)7)24(34-27(30)18(4)5)15-22(23)20-10-12-21(13-11-20)33-26(29)17(2)3/h8-13,15-16H,2,4,6,14H2,1,3,5,7H3/b9-8+. The summed E-state index contributed by atoms with van der Waals surface area (Å²) in [5, 5.41) is 0. The van der Waals surface area contributed by atoms with Crippen LogP contribution >= 0.6 is 0 Å². The Hall–Kier alpha value is -4.39. The third-order valence-electron chi connectivity index (χ3n) is 4.44. The van der Waals surface area contributed by atoms with Crippen molar-refractivity contribution >= 4 is 17.9 Å². The van der Waals surface area contributed by atoms with Gasteiger partial charge in [-0.2, -0.15) is 0 Å². The Morgan fingerprint density at radius 3 is 1.71 bits per heavy atom. The molecule has 0 atom stereocenters. The highest BCUT2D eigenvalue weighted by Crippen LogP contribution is 2.41. The minimum absolute atomic E-state index is 0.00114. The van der Waals surface area contributed by atoms with Gasteiger partial charge in [-0.1, -0.05) is 44.0 Å². The van der Waals surface area contributed by atoms with E-state index in [1.54, 1.807) is 37.3 Å². The first-order valence-corrected chi connectivity index (χ1v) is 10.7. The second kappa shape index (κ2) is 12.2. The lowest BCUT2D eigenvalue weighted by Gasteiger charge is -2.17. The van der Waals surface area contributed by atoms with E-state index in [0.29, 0.717) is 22.6 Å². The molecule has 0 heterocycles. The quantitative estimate of drug-likeness (QED) is 0.187. The van der Waals surface area contributed by atoms with Crippen LogP contribution < -0.4 is 18.9 Å². The number of hydrogen-bond acceptors (Lipinski definition) is 7. The highest BCUT2D eigenvalue weighted by molar-refractivity contribution is 5.92. The van der Waals surface area contributed by atoms with Gasteiger partial charge in [0.2, 0.25) is 0 Å². The maximum atomic E-state index is 12.3. The first-order chi connectivity index (χ1) is 16.5. The summed E-state index contributed by atoms with van der Waals surface area (Å²) in [4.78, 5) is 36.3. The largest absolute Gasteiger partial charge is 0.489 e. The summed E-state index contributed by atoms with van der Waals surface area (Å²) < 4.78 is 22.0. The van der Waals surface area contributed by atoms with E-state index in [4.69, 9.17) is 18.9 Å². The molecule has 7 nitrogen and oxygen atoms in total. The Morgan fingerprint density at radius 2 is 1.23 bits per heavy atom. The highest BCUT2D eigenvalue weighted by Gasteiger charge is 2.20. The third kappa shape index (κ3) is 7.57. The lowest BCUT2D eigenvalue weighted by molar-refractivity contribution is -0.132. The monoisotopic (exact) mass is 476 g/mol. The van der Waals surface area contributed by atoms with Gasteiger partial charge in [0.15, 0.2) is 11.5 Å². The molecule has 7 heteroatoms. The number of benzene rings is 2. The number of carbonyl (C=O) groups excluding carboxylic acids is 3. The van der Waals surface area contributed by atoms with E-state index in [1.807, 2.05) is 13.0 Å². The summed E-state index contributed by atoms with van der Waals surface area (Å²) in [5.74, 6) is -1.22. The van der Waals surface area contributed by atoms with Crippen molar-refractivity contribution in [2.45, 2.75) is 27.7 Å². The highest BCUT2D eigenvalue weighted by atomic mass is 16.6.